The van der Waals surface area contributed by atoms with E-state index in [-0.39, 0.29) is 6.61 Å². The van der Waals surface area contributed by atoms with Crippen LogP contribution in [0.4, 0.5) is 0 Å². The molecule has 7 heteroatoms. The second kappa shape index (κ2) is 6.65. The number of rotatable bonds is 5. The molecule has 0 bridgehead atoms. The van der Waals surface area contributed by atoms with Crippen molar-refractivity contribution in [1.29, 1.82) is 0 Å². The smallest absolute Gasteiger partial charge is 0.329 e. The van der Waals surface area contributed by atoms with Crippen molar-refractivity contribution in [3.8, 4) is 0 Å². The Balaban J connectivity index is 2.65. The van der Waals surface area contributed by atoms with Crippen LogP contribution in [0.15, 0.2) is 12.3 Å². The first-order chi connectivity index (χ1) is 8.91. The first-order valence-corrected chi connectivity index (χ1v) is 6.08. The molecule has 108 valence electrons. The van der Waals surface area contributed by atoms with Crippen molar-refractivity contribution in [2.24, 2.45) is 5.41 Å². The van der Waals surface area contributed by atoms with Gasteiger partial charge in [-0.25, -0.2) is 4.79 Å². The number of nitrogens with one attached hydrogen (secondary N) is 1. The first-order valence-electron chi connectivity index (χ1n) is 6.08. The summed E-state index contributed by atoms with van der Waals surface area (Å²) < 4.78 is 0. The lowest BCUT2D eigenvalue weighted by Gasteiger charge is -2.41. The molecule has 0 saturated carbocycles. The van der Waals surface area contributed by atoms with Crippen LogP contribution in [0.2, 0.25) is 0 Å². The zero-order chi connectivity index (χ0) is 14.5. The summed E-state index contributed by atoms with van der Waals surface area (Å²) in [5.74, 6) is -1.89. The van der Waals surface area contributed by atoms with Gasteiger partial charge < -0.3 is 25.5 Å². The molecule has 0 unspecified atom stereocenters. The highest BCUT2D eigenvalue weighted by Gasteiger charge is 2.43. The lowest BCUT2D eigenvalue weighted by Crippen LogP contribution is -2.52. The van der Waals surface area contributed by atoms with Gasteiger partial charge in [-0.2, -0.15) is 0 Å². The summed E-state index contributed by atoms with van der Waals surface area (Å²) in [4.78, 5) is 24.1. The van der Waals surface area contributed by atoms with Crippen molar-refractivity contribution in [3.05, 3.63) is 12.3 Å². The van der Waals surface area contributed by atoms with Crippen molar-refractivity contribution in [1.82, 2.24) is 10.2 Å². The summed E-state index contributed by atoms with van der Waals surface area (Å²) >= 11 is 0. The van der Waals surface area contributed by atoms with Crippen LogP contribution >= 0.6 is 0 Å². The first kappa shape index (κ1) is 15.6. The van der Waals surface area contributed by atoms with Gasteiger partial charge in [0.25, 0.3) is 5.91 Å². The number of aliphatic carboxylic acids is 1. The maximum absolute atomic E-state index is 11.7. The van der Waals surface area contributed by atoms with Gasteiger partial charge in [0.2, 0.25) is 0 Å². The molecule has 1 aliphatic rings. The van der Waals surface area contributed by atoms with Crippen molar-refractivity contribution >= 4 is 11.9 Å². The normalized spacial score (nSPS) is 21.2. The zero-order valence-electron chi connectivity index (χ0n) is 10.9. The van der Waals surface area contributed by atoms with Gasteiger partial charge in [0.05, 0.1) is 6.61 Å². The molecule has 0 spiro atoms. The van der Waals surface area contributed by atoms with E-state index in [4.69, 9.17) is 5.11 Å². The number of carbonyl (C=O) groups excluding carboxylic acids is 1. The molecule has 1 atom stereocenters. The molecule has 0 aromatic carbocycles. The third-order valence-electron chi connectivity index (χ3n) is 3.58. The number of carboxylic acids is 1. The summed E-state index contributed by atoms with van der Waals surface area (Å²) in [5.41, 5.74) is -0.854. The molecule has 1 fully saturated rings. The minimum atomic E-state index is -1.36. The number of likely N-dealkylation sites (tertiary alicyclic amines) is 1. The van der Waals surface area contributed by atoms with E-state index in [0.29, 0.717) is 25.9 Å². The number of aliphatic hydroxyl groups is 2. The predicted molar refractivity (Wildman–Crippen MR) is 67.2 cm³/mol. The number of nitrogens with zero attached hydrogens (tertiary/aromatic N) is 1. The molecule has 0 aliphatic carbocycles. The summed E-state index contributed by atoms with van der Waals surface area (Å²) in [6.07, 6.45) is 1.40. The summed E-state index contributed by atoms with van der Waals surface area (Å²) in [5, 5.41) is 30.2. The quantitative estimate of drug-likeness (QED) is 0.466. The Bertz CT molecular complexity index is 361. The Hall–Kier alpha value is -1.44. The van der Waals surface area contributed by atoms with Crippen molar-refractivity contribution < 1.29 is 24.9 Å². The number of aliphatic hydroxyl groups excluding tert-OH is 2. The largest absolute Gasteiger partial charge is 0.478 e. The second-order valence-corrected chi connectivity index (χ2v) is 4.91. The number of hydrogen-bond acceptors (Lipinski definition) is 5. The topological polar surface area (TPSA) is 110 Å². The Kier molecular flexibility index (Phi) is 5.46. The number of hydrogen-bond donors (Lipinski definition) is 4. The number of carboxylic acid groups (broad SMARTS) is 1. The third-order valence-corrected chi connectivity index (χ3v) is 3.58. The Morgan fingerprint density at radius 1 is 1.42 bits per heavy atom. The van der Waals surface area contributed by atoms with E-state index in [1.54, 1.807) is 0 Å². The Morgan fingerprint density at radius 3 is 2.47 bits per heavy atom. The van der Waals surface area contributed by atoms with Crippen LogP contribution in [-0.2, 0) is 9.59 Å². The van der Waals surface area contributed by atoms with E-state index in [9.17, 15) is 19.8 Å². The average Bonchev–Trinajstić information content (AvgIpc) is 2.38. The van der Waals surface area contributed by atoms with E-state index < -0.39 is 23.4 Å². The molecular formula is C12H20N2O5. The fourth-order valence-corrected chi connectivity index (χ4v) is 2.13. The summed E-state index contributed by atoms with van der Waals surface area (Å²) in [7, 11) is 1.93. The molecular weight excluding hydrogens is 252 g/mol. The van der Waals surface area contributed by atoms with Crippen LogP contribution in [0.5, 0.6) is 0 Å². The van der Waals surface area contributed by atoms with Gasteiger partial charge in [-0.15, -0.1) is 0 Å². The Labute approximate surface area is 111 Å². The van der Waals surface area contributed by atoms with Gasteiger partial charge in [0, 0.05) is 17.7 Å². The van der Waals surface area contributed by atoms with Crippen LogP contribution < -0.4 is 5.32 Å². The molecule has 0 radical (unpaired) electrons. The van der Waals surface area contributed by atoms with Crippen molar-refractivity contribution in [2.45, 2.75) is 18.9 Å². The van der Waals surface area contributed by atoms with Gasteiger partial charge in [0.15, 0.2) is 0 Å². The highest BCUT2D eigenvalue weighted by Crippen LogP contribution is 2.34. The number of carbonyl (C=O) groups is 2. The fourth-order valence-electron chi connectivity index (χ4n) is 2.13. The van der Waals surface area contributed by atoms with Gasteiger partial charge in [-0.1, -0.05) is 0 Å². The second-order valence-electron chi connectivity index (χ2n) is 4.91. The molecule has 4 N–H and O–H groups in total. The van der Waals surface area contributed by atoms with E-state index >= 15 is 0 Å². The minimum absolute atomic E-state index is 0.280. The molecule has 1 rings (SSSR count). The highest BCUT2D eigenvalue weighted by molar-refractivity contribution is 5.84. The third kappa shape index (κ3) is 4.02. The fraction of sp³-hybridized carbons (Fsp3) is 0.667. The summed E-state index contributed by atoms with van der Waals surface area (Å²) in [6.45, 7) is 1.10. The maximum atomic E-state index is 11.7. The monoisotopic (exact) mass is 272 g/mol. The van der Waals surface area contributed by atoms with Gasteiger partial charge >= 0.3 is 5.97 Å². The molecule has 7 nitrogen and oxygen atoms in total. The lowest BCUT2D eigenvalue weighted by molar-refractivity contribution is -0.141. The van der Waals surface area contributed by atoms with Crippen LogP contribution in [0.25, 0.3) is 0 Å². The SMILES string of the molecule is CN1CCC(CO)([C@H](O)C(=O)NC=CC(=O)O)CC1. The highest BCUT2D eigenvalue weighted by atomic mass is 16.4. The van der Waals surface area contributed by atoms with E-state index in [2.05, 4.69) is 10.2 Å². The Morgan fingerprint density at radius 2 is 2.00 bits per heavy atom. The van der Waals surface area contributed by atoms with Crippen molar-refractivity contribution in [2.75, 3.05) is 26.7 Å². The average molecular weight is 272 g/mol. The zero-order valence-corrected chi connectivity index (χ0v) is 10.9. The maximum Gasteiger partial charge on any atom is 0.329 e. The van der Waals surface area contributed by atoms with Gasteiger partial charge in [-0.05, 0) is 33.0 Å². The molecule has 1 aliphatic heterocycles. The standard InChI is InChI=1S/C12H20N2O5/c1-14-6-3-12(8-15,4-7-14)10(18)11(19)13-5-2-9(16)17/h2,5,10,15,18H,3-4,6-8H2,1H3,(H,13,19)(H,16,17)/t10-/m1/s1. The van der Waals surface area contributed by atoms with Gasteiger partial charge in [-0.3, -0.25) is 4.79 Å². The molecule has 19 heavy (non-hydrogen) atoms. The number of piperidine rings is 1. The lowest BCUT2D eigenvalue weighted by atomic mass is 9.74. The van der Waals surface area contributed by atoms with Crippen LogP contribution in [-0.4, -0.2) is 64.9 Å². The minimum Gasteiger partial charge on any atom is -0.478 e. The van der Waals surface area contributed by atoms with Crippen LogP contribution in [0, 0.1) is 5.41 Å². The van der Waals surface area contributed by atoms with Crippen LogP contribution in [0.1, 0.15) is 12.8 Å². The van der Waals surface area contributed by atoms with E-state index in [0.717, 1.165) is 12.3 Å². The van der Waals surface area contributed by atoms with Crippen LogP contribution in [0.3, 0.4) is 0 Å². The van der Waals surface area contributed by atoms with Gasteiger partial charge in [0.1, 0.15) is 6.10 Å². The van der Waals surface area contributed by atoms with E-state index in [1.807, 2.05) is 7.05 Å². The molecule has 1 heterocycles. The van der Waals surface area contributed by atoms with Crippen molar-refractivity contribution in [3.63, 3.8) is 0 Å². The molecule has 0 aromatic rings. The molecule has 1 saturated heterocycles. The van der Waals surface area contributed by atoms with E-state index in [1.165, 1.54) is 0 Å². The molecule has 1 amide bonds. The molecule has 0 aromatic heterocycles. The summed E-state index contributed by atoms with van der Waals surface area (Å²) in [6, 6.07) is 0. The number of amides is 1. The predicted octanol–water partition coefficient (Wildman–Crippen LogP) is -1.23.